The zero-order valence-electron chi connectivity index (χ0n) is 20.7. The first-order chi connectivity index (χ1) is 17.5. The second-order valence-electron chi connectivity index (χ2n) is 9.51. The molecule has 0 saturated heterocycles. The highest BCUT2D eigenvalue weighted by Crippen LogP contribution is 2.43. The van der Waals surface area contributed by atoms with Gasteiger partial charge in [0.25, 0.3) is 0 Å². The van der Waals surface area contributed by atoms with Gasteiger partial charge >= 0.3 is 5.97 Å². The average molecular weight is 484 g/mol. The third-order valence-corrected chi connectivity index (χ3v) is 7.03. The normalized spacial score (nSPS) is 16.5. The summed E-state index contributed by atoms with van der Waals surface area (Å²) < 4.78 is 18.9. The summed E-state index contributed by atoms with van der Waals surface area (Å²) in [5.41, 5.74) is 7.52. The van der Waals surface area contributed by atoms with Crippen LogP contribution in [0, 0.1) is 6.92 Å². The maximum atomic E-state index is 11.3. The van der Waals surface area contributed by atoms with Crippen LogP contribution in [0.15, 0.2) is 54.6 Å². The monoisotopic (exact) mass is 483 g/mol. The van der Waals surface area contributed by atoms with Crippen LogP contribution in [0.2, 0.25) is 0 Å². The van der Waals surface area contributed by atoms with Gasteiger partial charge in [-0.1, -0.05) is 12.1 Å². The van der Waals surface area contributed by atoms with Crippen LogP contribution in [0.3, 0.4) is 0 Å². The summed E-state index contributed by atoms with van der Waals surface area (Å²) in [5.74, 6) is 2.91. The van der Waals surface area contributed by atoms with Crippen molar-refractivity contribution in [1.29, 1.82) is 0 Å². The topological polar surface area (TPSA) is 74.6 Å². The summed E-state index contributed by atoms with van der Waals surface area (Å²) in [6.45, 7) is 4.62. The first-order valence-corrected chi connectivity index (χ1v) is 12.3. The van der Waals surface area contributed by atoms with Crippen molar-refractivity contribution >= 4 is 22.7 Å². The quantitative estimate of drug-likeness (QED) is 0.334. The van der Waals surface area contributed by atoms with Crippen LogP contribution in [0.4, 0.5) is 5.69 Å². The number of hydrogen-bond acceptors (Lipinski definition) is 6. The largest absolute Gasteiger partial charge is 0.497 e. The predicted molar refractivity (Wildman–Crippen MR) is 138 cm³/mol. The van der Waals surface area contributed by atoms with Gasteiger partial charge in [0, 0.05) is 42.8 Å². The number of fused-ring (bicyclic) bond motifs is 2. The summed E-state index contributed by atoms with van der Waals surface area (Å²) in [6, 6.07) is 18.5. The Morgan fingerprint density at radius 3 is 2.81 bits per heavy atom. The minimum Gasteiger partial charge on any atom is -0.497 e. The van der Waals surface area contributed by atoms with E-state index in [2.05, 4.69) is 41.1 Å². The Bertz CT molecular complexity index is 1470. The van der Waals surface area contributed by atoms with Gasteiger partial charge in [-0.25, -0.2) is 4.98 Å². The minimum atomic E-state index is -0.337. The minimum absolute atomic E-state index is 0.302. The molecule has 4 aromatic rings. The predicted octanol–water partition coefficient (Wildman–Crippen LogP) is 5.83. The highest BCUT2D eigenvalue weighted by Gasteiger charge is 2.31. The molecule has 184 valence electrons. The molecule has 1 saturated carbocycles. The molecule has 7 heteroatoms. The van der Waals surface area contributed by atoms with E-state index in [-0.39, 0.29) is 12.1 Å². The van der Waals surface area contributed by atoms with Crippen molar-refractivity contribution in [2.75, 3.05) is 19.0 Å². The van der Waals surface area contributed by atoms with Crippen LogP contribution in [0.25, 0.3) is 16.7 Å². The number of aromatic nitrogens is 2. The number of hydrogen-bond donors (Lipinski definition) is 1. The second kappa shape index (κ2) is 8.90. The maximum absolute atomic E-state index is 11.3. The van der Waals surface area contributed by atoms with E-state index < -0.39 is 0 Å². The molecule has 1 N–H and O–H groups in total. The molecule has 1 aliphatic heterocycles. The molecule has 1 fully saturated rings. The van der Waals surface area contributed by atoms with E-state index in [0.717, 1.165) is 45.3 Å². The number of nitrogens with zero attached hydrogens (tertiary/aromatic N) is 2. The van der Waals surface area contributed by atoms with Crippen molar-refractivity contribution in [3.05, 3.63) is 77.1 Å². The van der Waals surface area contributed by atoms with E-state index in [4.69, 9.17) is 19.2 Å². The van der Waals surface area contributed by atoms with Crippen molar-refractivity contribution in [2.45, 2.75) is 45.3 Å². The van der Waals surface area contributed by atoms with Gasteiger partial charge in [0.2, 0.25) is 0 Å². The van der Waals surface area contributed by atoms with Gasteiger partial charge in [0.05, 0.1) is 23.8 Å². The second-order valence-corrected chi connectivity index (χ2v) is 9.51. The number of methoxy groups -OCH3 is 1. The maximum Gasteiger partial charge on any atom is 0.303 e. The molecule has 0 unspecified atom stereocenters. The SMILES string of the molecule is COc1ccc2c(c1)nc(C1CC1)n2-c1cccc(CNc2ccc3c(c2)OC[C@H]3OC(C)=O)c1C. The van der Waals surface area contributed by atoms with E-state index in [9.17, 15) is 4.79 Å². The van der Waals surface area contributed by atoms with Gasteiger partial charge in [-0.2, -0.15) is 0 Å². The Hall–Kier alpha value is -4.00. The van der Waals surface area contributed by atoms with Crippen molar-refractivity contribution in [3.63, 3.8) is 0 Å². The first-order valence-electron chi connectivity index (χ1n) is 12.3. The van der Waals surface area contributed by atoms with Crippen LogP contribution in [0.5, 0.6) is 11.5 Å². The van der Waals surface area contributed by atoms with Crippen LogP contribution < -0.4 is 14.8 Å². The van der Waals surface area contributed by atoms with E-state index in [1.807, 2.05) is 30.3 Å². The van der Waals surface area contributed by atoms with Gasteiger partial charge in [0.15, 0.2) is 6.10 Å². The molecule has 7 nitrogen and oxygen atoms in total. The molecule has 0 amide bonds. The lowest BCUT2D eigenvalue weighted by Gasteiger charge is -2.16. The molecule has 2 heterocycles. The van der Waals surface area contributed by atoms with Crippen LogP contribution in [-0.2, 0) is 16.1 Å². The summed E-state index contributed by atoms with van der Waals surface area (Å²) in [6.07, 6.45) is 2.02. The molecule has 3 aromatic carbocycles. The summed E-state index contributed by atoms with van der Waals surface area (Å²) >= 11 is 0. The molecular formula is C29H29N3O4. The number of carbonyl (C=O) groups excluding carboxylic acids is 1. The number of nitrogens with one attached hydrogen (secondary N) is 1. The molecule has 2 aliphatic rings. The van der Waals surface area contributed by atoms with Crippen LogP contribution >= 0.6 is 0 Å². The fourth-order valence-electron chi connectivity index (χ4n) is 4.96. The number of ether oxygens (including phenoxy) is 3. The average Bonchev–Trinajstić information content (AvgIpc) is 3.55. The number of esters is 1. The highest BCUT2D eigenvalue weighted by molar-refractivity contribution is 5.80. The fourth-order valence-corrected chi connectivity index (χ4v) is 4.96. The lowest BCUT2D eigenvalue weighted by Crippen LogP contribution is -2.09. The summed E-state index contributed by atoms with van der Waals surface area (Å²) in [4.78, 5) is 16.3. The summed E-state index contributed by atoms with van der Waals surface area (Å²) in [7, 11) is 1.69. The third-order valence-electron chi connectivity index (χ3n) is 7.03. The number of carbonyl (C=O) groups is 1. The van der Waals surface area contributed by atoms with Crippen LogP contribution in [-0.4, -0.2) is 29.2 Å². The van der Waals surface area contributed by atoms with Crippen LogP contribution in [0.1, 0.15) is 54.3 Å². The van der Waals surface area contributed by atoms with Crippen molar-refractivity contribution < 1.29 is 19.0 Å². The van der Waals surface area contributed by atoms with Gasteiger partial charge in [0.1, 0.15) is 23.9 Å². The number of benzene rings is 3. The highest BCUT2D eigenvalue weighted by atomic mass is 16.6. The number of anilines is 1. The smallest absolute Gasteiger partial charge is 0.303 e. The Kier molecular flexibility index (Phi) is 5.55. The van der Waals surface area contributed by atoms with Crippen molar-refractivity contribution in [2.24, 2.45) is 0 Å². The zero-order chi connectivity index (χ0) is 24.8. The van der Waals surface area contributed by atoms with E-state index in [1.165, 1.54) is 30.9 Å². The van der Waals surface area contributed by atoms with Crippen molar-refractivity contribution in [1.82, 2.24) is 9.55 Å². The lowest BCUT2D eigenvalue weighted by molar-refractivity contribution is -0.147. The Morgan fingerprint density at radius 2 is 2.03 bits per heavy atom. The standard InChI is InChI=1S/C29H29N3O4/c1-17-20(15-30-21-9-11-23-27(13-21)35-16-28(23)36-18(2)33)5-4-6-25(17)32-26-12-10-22(34-3)14-24(26)31-29(32)19-7-8-19/h4-6,9-14,19,28,30H,7-8,15-16H2,1-3H3/t28-/m1/s1. The molecule has 0 spiro atoms. The van der Waals surface area contributed by atoms with Crippen molar-refractivity contribution in [3.8, 4) is 17.2 Å². The Balaban J connectivity index is 1.28. The Labute approximate surface area is 210 Å². The zero-order valence-corrected chi connectivity index (χ0v) is 20.7. The van der Waals surface area contributed by atoms with Gasteiger partial charge in [-0.05, 0) is 61.2 Å². The fraction of sp³-hybridized carbons (Fsp3) is 0.310. The van der Waals surface area contributed by atoms with E-state index >= 15 is 0 Å². The molecule has 36 heavy (non-hydrogen) atoms. The number of rotatable bonds is 7. The molecule has 0 radical (unpaired) electrons. The third kappa shape index (κ3) is 4.04. The molecule has 1 aliphatic carbocycles. The molecule has 6 rings (SSSR count). The lowest BCUT2D eigenvalue weighted by atomic mass is 10.1. The number of imidazole rings is 1. The van der Waals surface area contributed by atoms with E-state index in [1.54, 1.807) is 7.11 Å². The molecule has 1 atom stereocenters. The molecular weight excluding hydrogens is 454 g/mol. The summed E-state index contributed by atoms with van der Waals surface area (Å²) in [5, 5.41) is 3.53. The Morgan fingerprint density at radius 1 is 1.17 bits per heavy atom. The van der Waals surface area contributed by atoms with Gasteiger partial charge in [-0.3, -0.25) is 9.36 Å². The van der Waals surface area contributed by atoms with Gasteiger partial charge < -0.3 is 19.5 Å². The molecule has 1 aromatic heterocycles. The first kappa shape index (κ1) is 22.5. The van der Waals surface area contributed by atoms with E-state index in [0.29, 0.717) is 19.1 Å². The van der Waals surface area contributed by atoms with Gasteiger partial charge in [-0.15, -0.1) is 0 Å². The molecule has 0 bridgehead atoms.